The molecule has 0 aromatic heterocycles. The van der Waals surface area contributed by atoms with Gasteiger partial charge in [0.2, 0.25) is 5.90 Å². The van der Waals surface area contributed by atoms with Crippen LogP contribution in [0.3, 0.4) is 0 Å². The molecule has 3 nitrogen and oxygen atoms in total. The first-order valence-electron chi connectivity index (χ1n) is 10.8. The van der Waals surface area contributed by atoms with Crippen LogP contribution in [0, 0.1) is 0 Å². The van der Waals surface area contributed by atoms with Gasteiger partial charge in [-0.05, 0) is 40.7 Å². The van der Waals surface area contributed by atoms with Crippen LogP contribution in [0.25, 0.3) is 0 Å². The van der Waals surface area contributed by atoms with Crippen molar-refractivity contribution >= 4 is 17.3 Å². The number of hydrogen-bond acceptors (Lipinski definition) is 3. The normalized spacial score (nSPS) is 15.9. The fourth-order valence-corrected chi connectivity index (χ4v) is 3.98. The molecule has 0 amide bonds. The van der Waals surface area contributed by atoms with Gasteiger partial charge in [-0.1, -0.05) is 88.4 Å². The molecule has 0 fully saturated rings. The van der Waals surface area contributed by atoms with E-state index in [0.29, 0.717) is 24.3 Å². The molecule has 30 heavy (non-hydrogen) atoms. The Hall–Kier alpha value is -3.07. The van der Waals surface area contributed by atoms with Crippen molar-refractivity contribution in [2.24, 2.45) is 4.99 Å². The van der Waals surface area contributed by atoms with Gasteiger partial charge in [-0.2, -0.15) is 0 Å². The lowest BCUT2D eigenvalue weighted by atomic mass is 9.92. The average molecular weight is 399 g/mol. The summed E-state index contributed by atoms with van der Waals surface area (Å²) in [6, 6.07) is 25.3. The minimum atomic E-state index is 0.0448. The highest BCUT2D eigenvalue weighted by Crippen LogP contribution is 2.36. The predicted octanol–water partition coefficient (Wildman–Crippen LogP) is 7.20. The van der Waals surface area contributed by atoms with Crippen LogP contribution >= 0.6 is 0 Å². The standard InChI is InChI=1S/C27H30N2O/c1-18(2)21-14-10-15-22(19(3)4)26(21)28-24-16-9-8-13-23(24)27-29-25(17-30-27)20-11-6-5-7-12-20/h5-16,18-19,25,28H,17H2,1-4H3/t25-/m0/s1. The molecule has 1 N–H and O–H groups in total. The van der Waals surface area contributed by atoms with Gasteiger partial charge in [0.25, 0.3) is 0 Å². The smallest absolute Gasteiger partial charge is 0.219 e. The second kappa shape index (κ2) is 8.74. The van der Waals surface area contributed by atoms with Crippen LogP contribution < -0.4 is 5.32 Å². The molecule has 1 heterocycles. The zero-order chi connectivity index (χ0) is 21.1. The molecular weight excluding hydrogens is 368 g/mol. The number of aliphatic imine (C=N–C) groups is 1. The van der Waals surface area contributed by atoms with Crippen molar-refractivity contribution in [3.05, 3.63) is 95.1 Å². The van der Waals surface area contributed by atoms with E-state index in [1.54, 1.807) is 0 Å². The van der Waals surface area contributed by atoms with Crippen molar-refractivity contribution in [3.8, 4) is 0 Å². The molecule has 0 aliphatic carbocycles. The number of para-hydroxylation sites is 2. The van der Waals surface area contributed by atoms with E-state index in [2.05, 4.69) is 93.7 Å². The molecule has 0 saturated heterocycles. The second-order valence-corrected chi connectivity index (χ2v) is 8.46. The van der Waals surface area contributed by atoms with Crippen LogP contribution in [0.15, 0.2) is 77.8 Å². The van der Waals surface area contributed by atoms with Gasteiger partial charge in [-0.25, -0.2) is 4.99 Å². The molecule has 1 atom stereocenters. The number of benzene rings is 3. The first-order chi connectivity index (χ1) is 14.5. The van der Waals surface area contributed by atoms with Crippen molar-refractivity contribution in [2.45, 2.75) is 45.6 Å². The Labute approximate surface area is 179 Å². The number of rotatable bonds is 6. The Kier molecular flexibility index (Phi) is 5.89. The number of hydrogen-bond donors (Lipinski definition) is 1. The molecule has 4 rings (SSSR count). The van der Waals surface area contributed by atoms with Gasteiger partial charge in [-0.15, -0.1) is 0 Å². The maximum absolute atomic E-state index is 6.05. The average Bonchev–Trinajstić information content (AvgIpc) is 3.24. The Morgan fingerprint density at radius 3 is 2.10 bits per heavy atom. The summed E-state index contributed by atoms with van der Waals surface area (Å²) in [6.07, 6.45) is 0. The molecule has 1 aliphatic heterocycles. The molecule has 0 unspecified atom stereocenters. The summed E-state index contributed by atoms with van der Waals surface area (Å²) in [6.45, 7) is 9.54. The van der Waals surface area contributed by atoms with Crippen LogP contribution in [-0.4, -0.2) is 12.5 Å². The zero-order valence-electron chi connectivity index (χ0n) is 18.2. The highest BCUT2D eigenvalue weighted by molar-refractivity contribution is 6.01. The summed E-state index contributed by atoms with van der Waals surface area (Å²) in [4.78, 5) is 4.90. The molecule has 0 bridgehead atoms. The largest absolute Gasteiger partial charge is 0.475 e. The summed E-state index contributed by atoms with van der Waals surface area (Å²) in [7, 11) is 0. The lowest BCUT2D eigenvalue weighted by Crippen LogP contribution is -2.08. The maximum Gasteiger partial charge on any atom is 0.219 e. The molecule has 3 heteroatoms. The predicted molar refractivity (Wildman–Crippen MR) is 126 cm³/mol. The van der Waals surface area contributed by atoms with Crippen LogP contribution in [0.4, 0.5) is 11.4 Å². The van der Waals surface area contributed by atoms with Gasteiger partial charge in [0.1, 0.15) is 12.6 Å². The van der Waals surface area contributed by atoms with E-state index >= 15 is 0 Å². The first-order valence-corrected chi connectivity index (χ1v) is 10.8. The Morgan fingerprint density at radius 1 is 0.800 bits per heavy atom. The number of anilines is 2. The zero-order valence-corrected chi connectivity index (χ0v) is 18.2. The lowest BCUT2D eigenvalue weighted by Gasteiger charge is -2.22. The minimum Gasteiger partial charge on any atom is -0.475 e. The third-order valence-corrected chi connectivity index (χ3v) is 5.63. The topological polar surface area (TPSA) is 33.6 Å². The van der Waals surface area contributed by atoms with Crippen LogP contribution in [-0.2, 0) is 4.74 Å². The summed E-state index contributed by atoms with van der Waals surface area (Å²) in [5.74, 6) is 1.57. The van der Waals surface area contributed by atoms with E-state index in [9.17, 15) is 0 Å². The maximum atomic E-state index is 6.05. The summed E-state index contributed by atoms with van der Waals surface area (Å²) in [5.41, 5.74) is 7.07. The van der Waals surface area contributed by atoms with E-state index in [4.69, 9.17) is 9.73 Å². The van der Waals surface area contributed by atoms with Crippen LogP contribution in [0.5, 0.6) is 0 Å². The Balaban J connectivity index is 1.71. The Bertz CT molecular complexity index is 1010. The van der Waals surface area contributed by atoms with Gasteiger partial charge in [0.15, 0.2) is 0 Å². The first kappa shape index (κ1) is 20.2. The van der Waals surface area contributed by atoms with Gasteiger partial charge < -0.3 is 10.1 Å². The summed E-state index contributed by atoms with van der Waals surface area (Å²) >= 11 is 0. The van der Waals surface area contributed by atoms with Gasteiger partial charge >= 0.3 is 0 Å². The van der Waals surface area contributed by atoms with E-state index in [0.717, 1.165) is 11.3 Å². The SMILES string of the molecule is CC(C)c1cccc(C(C)C)c1Nc1ccccc1C1=N[C@H](c2ccccc2)CO1. The molecule has 3 aromatic rings. The molecule has 0 radical (unpaired) electrons. The fraction of sp³-hybridized carbons (Fsp3) is 0.296. The highest BCUT2D eigenvalue weighted by Gasteiger charge is 2.24. The van der Waals surface area contributed by atoms with E-state index < -0.39 is 0 Å². The van der Waals surface area contributed by atoms with E-state index in [-0.39, 0.29) is 6.04 Å². The van der Waals surface area contributed by atoms with Gasteiger partial charge in [-0.3, -0.25) is 0 Å². The molecule has 3 aromatic carbocycles. The summed E-state index contributed by atoms with van der Waals surface area (Å²) in [5, 5.41) is 3.74. The van der Waals surface area contributed by atoms with Crippen LogP contribution in [0.2, 0.25) is 0 Å². The lowest BCUT2D eigenvalue weighted by molar-refractivity contribution is 0.320. The molecule has 154 valence electrons. The van der Waals surface area contributed by atoms with Crippen molar-refractivity contribution in [1.82, 2.24) is 0 Å². The second-order valence-electron chi connectivity index (χ2n) is 8.46. The monoisotopic (exact) mass is 398 g/mol. The van der Waals surface area contributed by atoms with E-state index in [1.165, 1.54) is 22.4 Å². The number of ether oxygens (including phenoxy) is 1. The molecular formula is C27H30N2O. The van der Waals surface area contributed by atoms with Gasteiger partial charge in [0.05, 0.1) is 11.3 Å². The highest BCUT2D eigenvalue weighted by atomic mass is 16.5. The van der Waals surface area contributed by atoms with Crippen molar-refractivity contribution in [2.75, 3.05) is 11.9 Å². The van der Waals surface area contributed by atoms with Crippen molar-refractivity contribution in [3.63, 3.8) is 0 Å². The molecule has 1 aliphatic rings. The fourth-order valence-electron chi connectivity index (χ4n) is 3.98. The summed E-state index contributed by atoms with van der Waals surface area (Å²) < 4.78 is 6.05. The van der Waals surface area contributed by atoms with Gasteiger partial charge in [0, 0.05) is 5.69 Å². The third kappa shape index (κ3) is 4.11. The molecule has 0 saturated carbocycles. The number of nitrogens with one attached hydrogen (secondary N) is 1. The Morgan fingerprint density at radius 2 is 1.43 bits per heavy atom. The van der Waals surface area contributed by atoms with Crippen LogP contribution in [0.1, 0.15) is 67.8 Å². The van der Waals surface area contributed by atoms with Crippen molar-refractivity contribution < 1.29 is 4.74 Å². The third-order valence-electron chi connectivity index (χ3n) is 5.63. The quantitative estimate of drug-likeness (QED) is 0.476. The number of nitrogens with zero attached hydrogens (tertiary/aromatic N) is 1. The van der Waals surface area contributed by atoms with Crippen molar-refractivity contribution in [1.29, 1.82) is 0 Å². The van der Waals surface area contributed by atoms with E-state index in [1.807, 2.05) is 12.1 Å². The molecule has 0 spiro atoms. The minimum absolute atomic E-state index is 0.0448.